The Morgan fingerprint density at radius 2 is 1.67 bits per heavy atom. The van der Waals surface area contributed by atoms with E-state index in [2.05, 4.69) is 53.3 Å². The Bertz CT molecular complexity index is 863. The molecule has 3 rings (SSSR count). The second-order valence-electron chi connectivity index (χ2n) is 9.41. The zero-order valence-electron chi connectivity index (χ0n) is 17.4. The molecule has 2 heteroatoms. The van der Waals surface area contributed by atoms with Crippen molar-refractivity contribution in [1.29, 1.82) is 0 Å². The van der Waals surface area contributed by atoms with E-state index in [-0.39, 0.29) is 10.8 Å². The van der Waals surface area contributed by atoms with Crippen LogP contribution in [0.2, 0.25) is 0 Å². The lowest BCUT2D eigenvalue weighted by molar-refractivity contribution is -0.132. The number of aryl methyl sites for hydroxylation is 1. The fourth-order valence-corrected chi connectivity index (χ4v) is 4.80. The van der Waals surface area contributed by atoms with Crippen molar-refractivity contribution >= 4 is 11.5 Å². The van der Waals surface area contributed by atoms with Crippen molar-refractivity contribution in [1.82, 2.24) is 0 Å². The molecule has 0 atom stereocenters. The summed E-state index contributed by atoms with van der Waals surface area (Å²) in [5.41, 5.74) is 8.33. The first-order valence-corrected chi connectivity index (χ1v) is 10.0. The molecule has 1 aromatic carbocycles. The molecule has 1 aromatic rings. The zero-order chi connectivity index (χ0) is 20.0. The van der Waals surface area contributed by atoms with Crippen LogP contribution in [0.5, 0.6) is 0 Å². The van der Waals surface area contributed by atoms with Gasteiger partial charge in [-0.05, 0) is 89.3 Å². The molecule has 2 aliphatic rings. The topological polar surface area (TPSA) is 37.3 Å². The Morgan fingerprint density at radius 1 is 1.07 bits per heavy atom. The monoisotopic (exact) mass is 364 g/mol. The molecule has 0 spiro atoms. The molecule has 0 amide bonds. The number of allylic oxidation sites excluding steroid dienone is 3. The molecule has 2 aliphatic carbocycles. The van der Waals surface area contributed by atoms with E-state index < -0.39 is 5.97 Å². The third-order valence-corrected chi connectivity index (χ3v) is 6.58. The summed E-state index contributed by atoms with van der Waals surface area (Å²) in [6, 6.07) is 4.74. The maximum absolute atomic E-state index is 11.8. The third kappa shape index (κ3) is 3.42. The van der Waals surface area contributed by atoms with Gasteiger partial charge in [-0.15, -0.1) is 0 Å². The summed E-state index contributed by atoms with van der Waals surface area (Å²) in [6.07, 6.45) is 8.38. The highest BCUT2D eigenvalue weighted by molar-refractivity contribution is 5.96. The minimum Gasteiger partial charge on any atom is -0.478 e. The number of hydrogen-bond donors (Lipinski definition) is 1. The average Bonchev–Trinajstić information content (AvgIpc) is 3.05. The van der Waals surface area contributed by atoms with Crippen molar-refractivity contribution in [3.63, 3.8) is 0 Å². The number of rotatable bonds is 4. The highest BCUT2D eigenvalue weighted by Gasteiger charge is 2.38. The van der Waals surface area contributed by atoms with Gasteiger partial charge in [0.15, 0.2) is 0 Å². The maximum Gasteiger partial charge on any atom is 0.335 e. The fraction of sp³-hybridized carbons (Fsp3) is 0.480. The number of carboxylic acids is 1. The second-order valence-corrected chi connectivity index (χ2v) is 9.41. The molecule has 0 radical (unpaired) electrons. The first-order valence-electron chi connectivity index (χ1n) is 10.0. The van der Waals surface area contributed by atoms with Crippen LogP contribution < -0.4 is 0 Å². The standard InChI is InChI=1S/C25H32O2/c1-7-9-19(23(26)27)17-10-8-11-18(17)20-15-22-21(14-16(20)2)24(3,4)12-13-25(22,5)6/h7,9,14-15H,1,8,10-13H2,2-6H3,(H,26,27)/b19-9-. The van der Waals surface area contributed by atoms with Gasteiger partial charge < -0.3 is 5.11 Å². The summed E-state index contributed by atoms with van der Waals surface area (Å²) in [6.45, 7) is 15.2. The maximum atomic E-state index is 11.8. The first-order chi connectivity index (χ1) is 12.6. The summed E-state index contributed by atoms with van der Waals surface area (Å²) in [4.78, 5) is 11.8. The molecule has 27 heavy (non-hydrogen) atoms. The molecule has 144 valence electrons. The smallest absolute Gasteiger partial charge is 0.335 e. The van der Waals surface area contributed by atoms with Gasteiger partial charge in [-0.1, -0.05) is 52.5 Å². The SMILES string of the molecule is C=C/C=C(\C(=O)O)C1=C(c2cc3c(cc2C)C(C)(C)CCC3(C)C)CCC1. The lowest BCUT2D eigenvalue weighted by atomic mass is 9.62. The minimum atomic E-state index is -0.860. The molecule has 0 saturated heterocycles. The van der Waals surface area contributed by atoms with Crippen LogP contribution in [0.3, 0.4) is 0 Å². The fourth-order valence-electron chi connectivity index (χ4n) is 4.80. The van der Waals surface area contributed by atoms with Crippen molar-refractivity contribution in [3.8, 4) is 0 Å². The van der Waals surface area contributed by atoms with Gasteiger partial charge in [0.05, 0.1) is 5.57 Å². The number of benzene rings is 1. The van der Waals surface area contributed by atoms with Crippen molar-refractivity contribution in [2.75, 3.05) is 0 Å². The number of carbonyl (C=O) groups is 1. The normalized spacial score (nSPS) is 21.1. The van der Waals surface area contributed by atoms with Crippen LogP contribution >= 0.6 is 0 Å². The largest absolute Gasteiger partial charge is 0.478 e. The summed E-state index contributed by atoms with van der Waals surface area (Å²) in [5.74, 6) is -0.860. The van der Waals surface area contributed by atoms with Crippen LogP contribution in [-0.2, 0) is 15.6 Å². The molecule has 0 aromatic heterocycles. The van der Waals surface area contributed by atoms with E-state index in [4.69, 9.17) is 0 Å². The summed E-state index contributed by atoms with van der Waals surface area (Å²) >= 11 is 0. The Hall–Kier alpha value is -2.09. The van der Waals surface area contributed by atoms with E-state index in [1.54, 1.807) is 12.2 Å². The number of carboxylic acid groups (broad SMARTS) is 1. The molecule has 0 heterocycles. The molecule has 0 fully saturated rings. The van der Waals surface area contributed by atoms with E-state index in [9.17, 15) is 9.90 Å². The Kier molecular flexibility index (Phi) is 4.96. The molecule has 0 bridgehead atoms. The highest BCUT2D eigenvalue weighted by Crippen LogP contribution is 2.48. The number of fused-ring (bicyclic) bond motifs is 1. The van der Waals surface area contributed by atoms with E-state index in [0.717, 1.165) is 24.8 Å². The quantitative estimate of drug-likeness (QED) is 0.490. The van der Waals surface area contributed by atoms with Crippen LogP contribution in [0.1, 0.15) is 82.1 Å². The van der Waals surface area contributed by atoms with Crippen LogP contribution in [0.25, 0.3) is 5.57 Å². The van der Waals surface area contributed by atoms with Gasteiger partial charge in [0.1, 0.15) is 0 Å². The van der Waals surface area contributed by atoms with Gasteiger partial charge in [0, 0.05) is 0 Å². The third-order valence-electron chi connectivity index (χ3n) is 6.58. The van der Waals surface area contributed by atoms with Crippen molar-refractivity contribution in [2.24, 2.45) is 0 Å². The Labute approximate surface area is 163 Å². The van der Waals surface area contributed by atoms with Crippen LogP contribution in [0.15, 0.2) is 42.0 Å². The molecular formula is C25H32O2. The van der Waals surface area contributed by atoms with Crippen molar-refractivity contribution < 1.29 is 9.90 Å². The molecule has 0 saturated carbocycles. The molecule has 0 aliphatic heterocycles. The first kappa shape index (κ1) is 19.7. The van der Waals surface area contributed by atoms with E-state index in [0.29, 0.717) is 5.57 Å². The van der Waals surface area contributed by atoms with Crippen LogP contribution in [-0.4, -0.2) is 11.1 Å². The van der Waals surface area contributed by atoms with Gasteiger partial charge >= 0.3 is 5.97 Å². The van der Waals surface area contributed by atoms with Crippen molar-refractivity contribution in [3.05, 3.63) is 64.3 Å². The average molecular weight is 365 g/mol. The van der Waals surface area contributed by atoms with E-state index >= 15 is 0 Å². The summed E-state index contributed by atoms with van der Waals surface area (Å²) < 4.78 is 0. The van der Waals surface area contributed by atoms with Gasteiger partial charge in [0.25, 0.3) is 0 Å². The predicted octanol–water partition coefficient (Wildman–Crippen LogP) is 6.48. The van der Waals surface area contributed by atoms with Crippen LogP contribution in [0.4, 0.5) is 0 Å². The van der Waals surface area contributed by atoms with E-state index in [1.165, 1.54) is 40.7 Å². The molecule has 0 unspecified atom stereocenters. The van der Waals surface area contributed by atoms with Gasteiger partial charge in [-0.3, -0.25) is 0 Å². The number of hydrogen-bond acceptors (Lipinski definition) is 1. The summed E-state index contributed by atoms with van der Waals surface area (Å²) in [7, 11) is 0. The molecular weight excluding hydrogens is 332 g/mol. The zero-order valence-corrected chi connectivity index (χ0v) is 17.4. The minimum absolute atomic E-state index is 0.152. The molecule has 2 nitrogen and oxygen atoms in total. The Morgan fingerprint density at radius 3 is 2.22 bits per heavy atom. The Balaban J connectivity index is 2.23. The second kappa shape index (κ2) is 6.82. The molecule has 1 N–H and O–H groups in total. The van der Waals surface area contributed by atoms with Gasteiger partial charge in [-0.2, -0.15) is 0 Å². The van der Waals surface area contributed by atoms with Crippen LogP contribution in [0, 0.1) is 6.92 Å². The van der Waals surface area contributed by atoms with E-state index in [1.807, 2.05) is 0 Å². The lowest BCUT2D eigenvalue weighted by Crippen LogP contribution is -2.34. The van der Waals surface area contributed by atoms with Crippen molar-refractivity contribution in [2.45, 2.75) is 77.6 Å². The lowest BCUT2D eigenvalue weighted by Gasteiger charge is -2.42. The summed E-state index contributed by atoms with van der Waals surface area (Å²) in [5, 5.41) is 9.69. The van der Waals surface area contributed by atoms with Gasteiger partial charge in [-0.25, -0.2) is 4.79 Å². The van der Waals surface area contributed by atoms with Gasteiger partial charge in [0.2, 0.25) is 0 Å². The predicted molar refractivity (Wildman–Crippen MR) is 113 cm³/mol. The number of aliphatic carboxylic acids is 1. The highest BCUT2D eigenvalue weighted by atomic mass is 16.4.